The van der Waals surface area contributed by atoms with Crippen molar-refractivity contribution in [1.82, 2.24) is 4.90 Å². The van der Waals surface area contributed by atoms with Gasteiger partial charge in [-0.1, -0.05) is 6.92 Å². The summed E-state index contributed by atoms with van der Waals surface area (Å²) in [5.74, 6) is 3.78. The molecule has 3 nitrogen and oxygen atoms in total. The van der Waals surface area contributed by atoms with Crippen molar-refractivity contribution in [3.05, 3.63) is 0 Å². The molecule has 5 fully saturated rings. The number of carbonyl (C=O) groups excluding carboxylic acids is 1. The fourth-order valence-corrected chi connectivity index (χ4v) is 6.26. The molecule has 1 saturated heterocycles. The van der Waals surface area contributed by atoms with Crippen molar-refractivity contribution >= 4 is 5.91 Å². The van der Waals surface area contributed by atoms with Crippen LogP contribution in [0.3, 0.4) is 0 Å². The van der Waals surface area contributed by atoms with Crippen LogP contribution in [0.2, 0.25) is 0 Å². The third-order valence-electron chi connectivity index (χ3n) is 7.06. The molecule has 2 atom stereocenters. The van der Waals surface area contributed by atoms with Gasteiger partial charge in [0.25, 0.3) is 0 Å². The van der Waals surface area contributed by atoms with Crippen LogP contribution < -0.4 is 5.73 Å². The molecule has 4 aliphatic carbocycles. The average molecular weight is 290 g/mol. The number of hydrogen-bond acceptors (Lipinski definition) is 2. The van der Waals surface area contributed by atoms with Gasteiger partial charge in [0.1, 0.15) is 0 Å². The summed E-state index contributed by atoms with van der Waals surface area (Å²) in [5.41, 5.74) is 6.55. The van der Waals surface area contributed by atoms with E-state index >= 15 is 0 Å². The van der Waals surface area contributed by atoms with Crippen LogP contribution in [0.4, 0.5) is 0 Å². The van der Waals surface area contributed by atoms with Crippen molar-refractivity contribution in [2.45, 2.75) is 64.3 Å². The van der Waals surface area contributed by atoms with E-state index in [4.69, 9.17) is 5.73 Å². The Labute approximate surface area is 128 Å². The van der Waals surface area contributed by atoms with Crippen LogP contribution in [0.5, 0.6) is 0 Å². The Balaban J connectivity index is 1.42. The molecule has 5 aliphatic rings. The van der Waals surface area contributed by atoms with Crippen molar-refractivity contribution in [1.29, 1.82) is 0 Å². The summed E-state index contributed by atoms with van der Waals surface area (Å²) in [6.45, 7) is 3.93. The fourth-order valence-electron chi connectivity index (χ4n) is 6.26. The van der Waals surface area contributed by atoms with Crippen molar-refractivity contribution in [3.8, 4) is 0 Å². The van der Waals surface area contributed by atoms with Crippen molar-refractivity contribution in [2.75, 3.05) is 13.1 Å². The molecule has 1 aliphatic heterocycles. The first-order valence-corrected chi connectivity index (χ1v) is 9.06. The summed E-state index contributed by atoms with van der Waals surface area (Å²) in [5, 5.41) is 0. The number of nitrogens with two attached hydrogens (primary N) is 1. The predicted octanol–water partition coefficient (Wildman–Crippen LogP) is 2.79. The molecule has 4 bridgehead atoms. The van der Waals surface area contributed by atoms with Crippen LogP contribution in [-0.4, -0.2) is 29.9 Å². The molecule has 0 spiro atoms. The molecule has 0 radical (unpaired) electrons. The zero-order valence-corrected chi connectivity index (χ0v) is 13.4. The van der Waals surface area contributed by atoms with E-state index in [1.165, 1.54) is 38.5 Å². The van der Waals surface area contributed by atoms with E-state index in [1.807, 2.05) is 0 Å². The smallest absolute Gasteiger partial charge is 0.223 e. The summed E-state index contributed by atoms with van der Waals surface area (Å²) < 4.78 is 0. The van der Waals surface area contributed by atoms with Gasteiger partial charge < -0.3 is 10.6 Å². The largest absolute Gasteiger partial charge is 0.341 e. The second kappa shape index (κ2) is 4.97. The highest BCUT2D eigenvalue weighted by Crippen LogP contribution is 2.61. The van der Waals surface area contributed by atoms with Gasteiger partial charge in [-0.2, -0.15) is 0 Å². The van der Waals surface area contributed by atoms with Crippen molar-refractivity contribution in [2.24, 2.45) is 34.8 Å². The Morgan fingerprint density at radius 1 is 1.14 bits per heavy atom. The first-order chi connectivity index (χ1) is 10.0. The van der Waals surface area contributed by atoms with Crippen LogP contribution in [0, 0.1) is 29.1 Å². The monoisotopic (exact) mass is 290 g/mol. The molecule has 4 saturated carbocycles. The van der Waals surface area contributed by atoms with Gasteiger partial charge in [0.15, 0.2) is 0 Å². The Hall–Kier alpha value is -0.570. The predicted molar refractivity (Wildman–Crippen MR) is 83.6 cm³/mol. The van der Waals surface area contributed by atoms with Crippen LogP contribution in [-0.2, 0) is 4.79 Å². The van der Waals surface area contributed by atoms with Crippen LogP contribution in [0.25, 0.3) is 0 Å². The van der Waals surface area contributed by atoms with Gasteiger partial charge in [-0.25, -0.2) is 0 Å². The third-order valence-corrected chi connectivity index (χ3v) is 7.06. The molecule has 2 N–H and O–H groups in total. The number of likely N-dealkylation sites (tertiary alicyclic amines) is 1. The lowest BCUT2D eigenvalue weighted by atomic mass is 9.49. The normalized spacial score (nSPS) is 48.7. The molecule has 118 valence electrons. The van der Waals surface area contributed by atoms with Gasteiger partial charge in [-0.3, -0.25) is 4.79 Å². The molecule has 2 unspecified atom stereocenters. The molecule has 5 rings (SSSR count). The maximum atomic E-state index is 12.8. The van der Waals surface area contributed by atoms with Gasteiger partial charge in [0.05, 0.1) is 0 Å². The quantitative estimate of drug-likeness (QED) is 0.850. The number of piperidine rings is 1. The summed E-state index contributed by atoms with van der Waals surface area (Å²) in [7, 11) is 0. The highest BCUT2D eigenvalue weighted by Gasteiger charge is 2.51. The Kier molecular flexibility index (Phi) is 3.33. The maximum Gasteiger partial charge on any atom is 0.223 e. The second-order valence-electron chi connectivity index (χ2n) is 8.86. The Morgan fingerprint density at radius 3 is 2.24 bits per heavy atom. The van der Waals surface area contributed by atoms with Crippen molar-refractivity contribution < 1.29 is 4.79 Å². The Bertz CT molecular complexity index is 398. The SMILES string of the molecule is CC1CCN(C(=O)CC23CC4CC(CC(C4)C2)C3)CC1N. The number of amides is 1. The van der Waals surface area contributed by atoms with Crippen LogP contribution in [0.1, 0.15) is 58.3 Å². The summed E-state index contributed by atoms with van der Waals surface area (Å²) in [4.78, 5) is 14.9. The standard InChI is InChI=1S/C18H30N2O/c1-12-2-3-20(11-16(12)19)17(21)10-18-7-13-4-14(8-18)6-15(5-13)9-18/h12-16H,2-11,19H2,1H3. The zero-order chi connectivity index (χ0) is 14.6. The average Bonchev–Trinajstić information content (AvgIpc) is 2.39. The minimum Gasteiger partial charge on any atom is -0.341 e. The van der Waals surface area contributed by atoms with Gasteiger partial charge in [-0.05, 0) is 74.0 Å². The lowest BCUT2D eigenvalue weighted by Crippen LogP contribution is -2.52. The minimum absolute atomic E-state index is 0.180. The first kappa shape index (κ1) is 14.0. The Morgan fingerprint density at radius 2 is 1.71 bits per heavy atom. The summed E-state index contributed by atoms with van der Waals surface area (Å²) in [6, 6.07) is 0.180. The van der Waals surface area contributed by atoms with Crippen LogP contribution in [0.15, 0.2) is 0 Å². The molecular weight excluding hydrogens is 260 g/mol. The lowest BCUT2D eigenvalue weighted by molar-refractivity contribution is -0.141. The molecule has 1 amide bonds. The van der Waals surface area contributed by atoms with E-state index in [-0.39, 0.29) is 6.04 Å². The molecule has 0 aromatic heterocycles. The second-order valence-corrected chi connectivity index (χ2v) is 8.86. The van der Waals surface area contributed by atoms with E-state index < -0.39 is 0 Å². The van der Waals surface area contributed by atoms with Gasteiger partial charge in [-0.15, -0.1) is 0 Å². The summed E-state index contributed by atoms with van der Waals surface area (Å²) in [6.07, 6.45) is 10.3. The van der Waals surface area contributed by atoms with E-state index in [9.17, 15) is 4.79 Å². The minimum atomic E-state index is 0.180. The summed E-state index contributed by atoms with van der Waals surface area (Å²) >= 11 is 0. The molecule has 1 heterocycles. The number of rotatable bonds is 2. The zero-order valence-electron chi connectivity index (χ0n) is 13.4. The maximum absolute atomic E-state index is 12.8. The first-order valence-electron chi connectivity index (χ1n) is 9.06. The van der Waals surface area contributed by atoms with Crippen molar-refractivity contribution in [3.63, 3.8) is 0 Å². The van der Waals surface area contributed by atoms with Crippen LogP contribution >= 0.6 is 0 Å². The molecule has 0 aromatic carbocycles. The molecule has 0 aromatic rings. The third kappa shape index (κ3) is 2.52. The van der Waals surface area contributed by atoms with E-state index in [0.717, 1.165) is 43.7 Å². The van der Waals surface area contributed by atoms with Gasteiger partial charge in [0, 0.05) is 25.6 Å². The lowest BCUT2D eigenvalue weighted by Gasteiger charge is -2.57. The van der Waals surface area contributed by atoms with E-state index in [1.54, 1.807) is 0 Å². The van der Waals surface area contributed by atoms with Gasteiger partial charge in [0.2, 0.25) is 5.91 Å². The molecule has 21 heavy (non-hydrogen) atoms. The number of carbonyl (C=O) groups is 1. The fraction of sp³-hybridized carbons (Fsp3) is 0.944. The number of nitrogens with zero attached hydrogens (tertiary/aromatic N) is 1. The highest BCUT2D eigenvalue weighted by molar-refractivity contribution is 5.77. The number of hydrogen-bond donors (Lipinski definition) is 1. The topological polar surface area (TPSA) is 46.3 Å². The van der Waals surface area contributed by atoms with E-state index in [0.29, 0.717) is 17.2 Å². The highest BCUT2D eigenvalue weighted by atomic mass is 16.2. The van der Waals surface area contributed by atoms with E-state index in [2.05, 4.69) is 11.8 Å². The van der Waals surface area contributed by atoms with Gasteiger partial charge >= 0.3 is 0 Å². The molecule has 3 heteroatoms. The molecular formula is C18H30N2O.